The average Bonchev–Trinajstić information content (AvgIpc) is 3.37. The average molecular weight is 433 g/mol. The van der Waals surface area contributed by atoms with Crippen LogP contribution in [-0.2, 0) is 21.3 Å². The zero-order valence-corrected chi connectivity index (χ0v) is 18.2. The molecule has 1 atom stereocenters. The number of rotatable bonds is 6. The van der Waals surface area contributed by atoms with Crippen molar-refractivity contribution in [2.45, 2.75) is 50.7 Å². The second-order valence-corrected chi connectivity index (χ2v) is 10.2. The number of amides is 1. The second kappa shape index (κ2) is 8.49. The molecular formula is C21H28N4O4S. The van der Waals surface area contributed by atoms with Crippen molar-refractivity contribution in [1.82, 2.24) is 19.2 Å². The van der Waals surface area contributed by atoms with Crippen LogP contribution in [0.4, 0.5) is 0 Å². The van der Waals surface area contributed by atoms with Gasteiger partial charge in [0.1, 0.15) is 11.2 Å². The molecular weight excluding hydrogens is 404 g/mol. The van der Waals surface area contributed by atoms with Crippen molar-refractivity contribution in [3.05, 3.63) is 42.0 Å². The van der Waals surface area contributed by atoms with E-state index in [2.05, 4.69) is 24.1 Å². The van der Waals surface area contributed by atoms with Gasteiger partial charge in [0.05, 0.1) is 24.0 Å². The number of hydrogen-bond donors (Lipinski definition) is 1. The summed E-state index contributed by atoms with van der Waals surface area (Å²) in [4.78, 5) is 17.5. The lowest BCUT2D eigenvalue weighted by atomic mass is 10.1. The first kappa shape index (κ1) is 21.0. The number of benzene rings is 1. The summed E-state index contributed by atoms with van der Waals surface area (Å²) >= 11 is 0. The van der Waals surface area contributed by atoms with Crippen molar-refractivity contribution < 1.29 is 17.9 Å². The number of carbonyl (C=O) groups excluding carboxylic acids is 1. The van der Waals surface area contributed by atoms with Crippen molar-refractivity contribution >= 4 is 15.9 Å². The van der Waals surface area contributed by atoms with Crippen LogP contribution in [0, 0.1) is 5.92 Å². The first-order chi connectivity index (χ1) is 14.4. The number of carbonyl (C=O) groups is 1. The van der Waals surface area contributed by atoms with Crippen molar-refractivity contribution in [3.63, 3.8) is 0 Å². The highest BCUT2D eigenvalue weighted by Gasteiger charge is 2.34. The zero-order chi connectivity index (χ0) is 21.3. The number of aromatic nitrogens is 2. The minimum Gasteiger partial charge on any atom is -0.376 e. The van der Waals surface area contributed by atoms with Gasteiger partial charge in [-0.15, -0.1) is 0 Å². The molecule has 0 aliphatic carbocycles. The fourth-order valence-corrected chi connectivity index (χ4v) is 5.48. The van der Waals surface area contributed by atoms with Crippen LogP contribution >= 0.6 is 0 Å². The number of imidazole rings is 1. The molecule has 1 N–H and O–H groups in total. The van der Waals surface area contributed by atoms with E-state index >= 15 is 0 Å². The Bertz CT molecular complexity index is 1030. The van der Waals surface area contributed by atoms with Gasteiger partial charge in [0, 0.05) is 19.7 Å². The molecule has 3 heterocycles. The maximum atomic E-state index is 13.4. The Balaban J connectivity index is 1.69. The lowest BCUT2D eigenvalue weighted by molar-refractivity contribution is 0.0852. The highest BCUT2D eigenvalue weighted by atomic mass is 32.2. The highest BCUT2D eigenvalue weighted by Crippen LogP contribution is 2.31. The number of para-hydroxylation sites is 1. The number of ether oxygens (including phenoxy) is 1. The molecule has 1 aromatic heterocycles. The third-order valence-corrected chi connectivity index (χ3v) is 7.51. The summed E-state index contributed by atoms with van der Waals surface area (Å²) in [6.45, 7) is 5.76. The molecule has 1 aromatic carbocycles. The SMILES string of the molecule is CC(C)CCN1Cc2c(C(=O)NC[C@H]3CCCO3)ncn2-c2ccccc2S1(=O)=O. The number of hydrogen-bond acceptors (Lipinski definition) is 5. The highest BCUT2D eigenvalue weighted by molar-refractivity contribution is 7.89. The number of nitrogens with one attached hydrogen (secondary N) is 1. The van der Waals surface area contributed by atoms with E-state index in [9.17, 15) is 13.2 Å². The van der Waals surface area contributed by atoms with Gasteiger partial charge in [0.15, 0.2) is 5.69 Å². The fourth-order valence-electron chi connectivity index (χ4n) is 3.88. The minimum absolute atomic E-state index is 0.0267. The predicted molar refractivity (Wildman–Crippen MR) is 112 cm³/mol. The summed E-state index contributed by atoms with van der Waals surface area (Å²) in [5.41, 5.74) is 1.36. The van der Waals surface area contributed by atoms with Crippen molar-refractivity contribution in [1.29, 1.82) is 0 Å². The third-order valence-electron chi connectivity index (χ3n) is 5.62. The molecule has 9 heteroatoms. The Hall–Kier alpha value is -2.23. The monoisotopic (exact) mass is 432 g/mol. The van der Waals surface area contributed by atoms with Crippen LogP contribution in [0.15, 0.2) is 35.5 Å². The Morgan fingerprint density at radius 2 is 2.13 bits per heavy atom. The van der Waals surface area contributed by atoms with Crippen molar-refractivity contribution in [3.8, 4) is 5.69 Å². The molecule has 2 aliphatic rings. The lowest BCUT2D eigenvalue weighted by Crippen LogP contribution is -2.34. The number of fused-ring (bicyclic) bond motifs is 3. The minimum atomic E-state index is -3.69. The quantitative estimate of drug-likeness (QED) is 0.756. The van der Waals surface area contributed by atoms with Crippen molar-refractivity contribution in [2.24, 2.45) is 5.92 Å². The van der Waals surface area contributed by atoms with Crippen molar-refractivity contribution in [2.75, 3.05) is 19.7 Å². The molecule has 162 valence electrons. The standard InChI is InChI=1S/C21H28N4O4S/c1-15(2)9-10-24-13-18-20(21(26)22-12-16-6-5-11-29-16)23-14-25(18)17-7-3-4-8-19(17)30(24,27)28/h3-4,7-8,14-16H,5-6,9-13H2,1-2H3,(H,22,26)/t16-/m1/s1. The summed E-state index contributed by atoms with van der Waals surface area (Å²) in [6, 6.07) is 6.87. The zero-order valence-electron chi connectivity index (χ0n) is 17.4. The molecule has 0 saturated carbocycles. The van der Waals surface area contributed by atoms with Crippen LogP contribution in [0.3, 0.4) is 0 Å². The molecule has 1 saturated heterocycles. The predicted octanol–water partition coefficient (Wildman–Crippen LogP) is 2.33. The normalized spacial score (nSPS) is 20.6. The maximum absolute atomic E-state index is 13.4. The Labute approximate surface area is 177 Å². The topological polar surface area (TPSA) is 93.5 Å². The smallest absolute Gasteiger partial charge is 0.271 e. The van der Waals surface area contributed by atoms with Gasteiger partial charge in [0.25, 0.3) is 5.91 Å². The molecule has 4 rings (SSSR count). The summed E-state index contributed by atoms with van der Waals surface area (Å²) in [6.07, 6.45) is 4.22. The molecule has 0 unspecified atom stereocenters. The summed E-state index contributed by atoms with van der Waals surface area (Å²) in [7, 11) is -3.69. The first-order valence-electron chi connectivity index (χ1n) is 10.4. The fraction of sp³-hybridized carbons (Fsp3) is 0.524. The Morgan fingerprint density at radius 1 is 1.33 bits per heavy atom. The van der Waals surface area contributed by atoms with Gasteiger partial charge in [-0.05, 0) is 37.3 Å². The van der Waals surface area contributed by atoms with E-state index in [4.69, 9.17) is 4.74 Å². The van der Waals surface area contributed by atoms with Crippen LogP contribution in [-0.4, -0.2) is 54.0 Å². The summed E-state index contributed by atoms with van der Waals surface area (Å²) in [5.74, 6) is 0.0534. The largest absolute Gasteiger partial charge is 0.376 e. The van der Waals surface area contributed by atoms with Crippen LogP contribution in [0.2, 0.25) is 0 Å². The van der Waals surface area contributed by atoms with Gasteiger partial charge in [-0.3, -0.25) is 9.36 Å². The summed E-state index contributed by atoms with van der Waals surface area (Å²) in [5, 5.41) is 2.90. The van der Waals surface area contributed by atoms with E-state index in [0.29, 0.717) is 30.4 Å². The van der Waals surface area contributed by atoms with E-state index in [1.165, 1.54) is 10.6 Å². The van der Waals surface area contributed by atoms with Crippen LogP contribution in [0.5, 0.6) is 0 Å². The van der Waals surface area contributed by atoms with E-state index in [0.717, 1.165) is 25.9 Å². The molecule has 0 bridgehead atoms. The van der Waals surface area contributed by atoms with Gasteiger partial charge >= 0.3 is 0 Å². The second-order valence-electron chi connectivity index (χ2n) is 8.24. The Kier molecular flexibility index (Phi) is 5.95. The summed E-state index contributed by atoms with van der Waals surface area (Å²) < 4.78 is 35.5. The number of nitrogens with zero attached hydrogens (tertiary/aromatic N) is 3. The Morgan fingerprint density at radius 3 is 2.87 bits per heavy atom. The molecule has 0 radical (unpaired) electrons. The molecule has 30 heavy (non-hydrogen) atoms. The van der Waals surface area contributed by atoms with Crippen LogP contribution in [0.1, 0.15) is 49.3 Å². The molecule has 1 fully saturated rings. The molecule has 2 aliphatic heterocycles. The third kappa shape index (κ3) is 4.01. The van der Waals surface area contributed by atoms with E-state index < -0.39 is 10.0 Å². The lowest BCUT2D eigenvalue weighted by Gasteiger charge is -2.21. The van der Waals surface area contributed by atoms with Gasteiger partial charge in [-0.1, -0.05) is 26.0 Å². The first-order valence-corrected chi connectivity index (χ1v) is 11.9. The molecule has 0 spiro atoms. The van der Waals surface area contributed by atoms with Gasteiger partial charge in [0.2, 0.25) is 10.0 Å². The molecule has 8 nitrogen and oxygen atoms in total. The van der Waals surface area contributed by atoms with Crippen LogP contribution < -0.4 is 5.32 Å². The van der Waals surface area contributed by atoms with E-state index in [1.54, 1.807) is 28.8 Å². The van der Waals surface area contributed by atoms with E-state index in [-0.39, 0.29) is 29.1 Å². The van der Waals surface area contributed by atoms with Gasteiger partial charge in [-0.2, -0.15) is 4.31 Å². The van der Waals surface area contributed by atoms with E-state index in [1.807, 2.05) is 0 Å². The molecule has 2 aromatic rings. The molecule has 1 amide bonds. The van der Waals surface area contributed by atoms with Gasteiger partial charge in [-0.25, -0.2) is 13.4 Å². The maximum Gasteiger partial charge on any atom is 0.271 e. The van der Waals surface area contributed by atoms with Crippen LogP contribution in [0.25, 0.3) is 5.69 Å². The number of sulfonamides is 1. The van der Waals surface area contributed by atoms with Gasteiger partial charge < -0.3 is 10.1 Å².